The number of carbonyl (C=O) groups excluding carboxylic acids is 2. The van der Waals surface area contributed by atoms with Gasteiger partial charge < -0.3 is 9.80 Å². The number of thioether (sulfide) groups is 1. The van der Waals surface area contributed by atoms with Crippen molar-refractivity contribution >= 4 is 40.3 Å². The van der Waals surface area contributed by atoms with Gasteiger partial charge in [-0.2, -0.15) is 5.10 Å². The van der Waals surface area contributed by atoms with Crippen molar-refractivity contribution in [2.45, 2.75) is 0 Å². The molecule has 8 nitrogen and oxygen atoms in total. The minimum Gasteiger partial charge on any atom is -0.369 e. The van der Waals surface area contributed by atoms with Gasteiger partial charge in [0.05, 0.1) is 16.8 Å². The molecule has 30 heavy (non-hydrogen) atoms. The maximum atomic E-state index is 11.8. The summed E-state index contributed by atoms with van der Waals surface area (Å²) >= 11 is 0.883. The molecule has 2 aliphatic rings. The Morgan fingerprint density at radius 3 is 2.53 bits per heavy atom. The van der Waals surface area contributed by atoms with E-state index in [-0.39, 0.29) is 11.1 Å². The predicted octanol–water partition coefficient (Wildman–Crippen LogP) is 2.47. The van der Waals surface area contributed by atoms with Gasteiger partial charge in [0, 0.05) is 43.6 Å². The first kappa shape index (κ1) is 18.8. The first-order valence-electron chi connectivity index (χ1n) is 9.70. The summed E-state index contributed by atoms with van der Waals surface area (Å²) in [5.41, 5.74) is 4.47. The summed E-state index contributed by atoms with van der Waals surface area (Å²) in [5.74, 6) is -0.389. The van der Waals surface area contributed by atoms with E-state index in [2.05, 4.69) is 56.5 Å². The lowest BCUT2D eigenvalue weighted by Crippen LogP contribution is -2.44. The van der Waals surface area contributed by atoms with Crippen molar-refractivity contribution < 1.29 is 9.59 Å². The van der Waals surface area contributed by atoms with E-state index in [0.29, 0.717) is 16.2 Å². The number of carbonyl (C=O) groups is 2. The number of benzene rings is 1. The molecule has 2 fully saturated rings. The molecule has 2 aliphatic heterocycles. The Balaban J connectivity index is 1.44. The summed E-state index contributed by atoms with van der Waals surface area (Å²) < 4.78 is 1.71. The van der Waals surface area contributed by atoms with Crippen molar-refractivity contribution in [3.63, 3.8) is 0 Å². The second-order valence-corrected chi connectivity index (χ2v) is 8.38. The molecule has 2 aromatic heterocycles. The van der Waals surface area contributed by atoms with E-state index in [1.807, 2.05) is 0 Å². The number of aromatic nitrogens is 3. The van der Waals surface area contributed by atoms with Gasteiger partial charge in [0.1, 0.15) is 0 Å². The third-order valence-electron chi connectivity index (χ3n) is 5.36. The topological polar surface area (TPSA) is 82.8 Å². The number of piperazine rings is 1. The van der Waals surface area contributed by atoms with Crippen LogP contribution < -0.4 is 10.2 Å². The molecule has 1 N–H and O–H groups in total. The van der Waals surface area contributed by atoms with E-state index < -0.39 is 0 Å². The molecule has 0 saturated carbocycles. The Morgan fingerprint density at radius 2 is 1.83 bits per heavy atom. The third kappa shape index (κ3) is 3.57. The second-order valence-electron chi connectivity index (χ2n) is 7.37. The fourth-order valence-electron chi connectivity index (χ4n) is 3.64. The largest absolute Gasteiger partial charge is 0.369 e. The summed E-state index contributed by atoms with van der Waals surface area (Å²) in [6, 6.07) is 10.2. The lowest BCUT2D eigenvalue weighted by atomic mass is 10.1. The fourth-order valence-corrected chi connectivity index (χ4v) is 4.31. The van der Waals surface area contributed by atoms with Crippen molar-refractivity contribution in [2.75, 3.05) is 38.1 Å². The van der Waals surface area contributed by atoms with E-state index in [1.54, 1.807) is 29.1 Å². The molecule has 0 atom stereocenters. The van der Waals surface area contributed by atoms with Crippen LogP contribution in [0.4, 0.5) is 10.5 Å². The molecule has 0 radical (unpaired) electrons. The Bertz CT molecular complexity index is 1160. The molecule has 0 aliphatic carbocycles. The predicted molar refractivity (Wildman–Crippen MR) is 117 cm³/mol. The van der Waals surface area contributed by atoms with Crippen LogP contribution in [0.5, 0.6) is 0 Å². The number of imide groups is 1. The van der Waals surface area contributed by atoms with Crippen molar-refractivity contribution in [1.29, 1.82) is 0 Å². The van der Waals surface area contributed by atoms with Crippen LogP contribution in [0.3, 0.4) is 0 Å². The van der Waals surface area contributed by atoms with Crippen LogP contribution in [0, 0.1) is 0 Å². The number of likely N-dealkylation sites (N-methyl/N-ethyl adjacent to an activating group) is 1. The van der Waals surface area contributed by atoms with Gasteiger partial charge in [-0.15, -0.1) is 0 Å². The molecule has 0 spiro atoms. The van der Waals surface area contributed by atoms with Gasteiger partial charge in [-0.3, -0.25) is 14.9 Å². The molecule has 1 aromatic carbocycles. The molecular formula is C21H20N6O2S. The first-order valence-corrected chi connectivity index (χ1v) is 10.5. The summed E-state index contributed by atoms with van der Waals surface area (Å²) in [6.07, 6.45) is 5.22. The van der Waals surface area contributed by atoms with Crippen LogP contribution in [0.1, 0.15) is 5.69 Å². The lowest BCUT2D eigenvalue weighted by Gasteiger charge is -2.34. The third-order valence-corrected chi connectivity index (χ3v) is 6.17. The highest BCUT2D eigenvalue weighted by atomic mass is 32.2. The summed E-state index contributed by atoms with van der Waals surface area (Å²) in [7, 11) is 2.15. The number of amides is 2. The maximum Gasteiger partial charge on any atom is 0.290 e. The Hall–Kier alpha value is -3.17. The number of nitrogens with one attached hydrogen (secondary N) is 1. The monoisotopic (exact) mass is 420 g/mol. The summed E-state index contributed by atoms with van der Waals surface area (Å²) in [5, 5.41) is 6.29. The van der Waals surface area contributed by atoms with Gasteiger partial charge in [-0.1, -0.05) is 12.1 Å². The van der Waals surface area contributed by atoms with Crippen molar-refractivity contribution in [3.8, 4) is 11.1 Å². The highest BCUT2D eigenvalue weighted by molar-refractivity contribution is 8.18. The smallest absolute Gasteiger partial charge is 0.290 e. The van der Waals surface area contributed by atoms with Crippen LogP contribution in [0.25, 0.3) is 22.9 Å². The molecule has 152 valence electrons. The second kappa shape index (κ2) is 7.58. The van der Waals surface area contributed by atoms with Gasteiger partial charge in [0.25, 0.3) is 11.1 Å². The van der Waals surface area contributed by atoms with Crippen molar-refractivity contribution in [3.05, 3.63) is 53.3 Å². The average Bonchev–Trinajstić information content (AvgIpc) is 3.31. The lowest BCUT2D eigenvalue weighted by molar-refractivity contribution is -0.115. The molecule has 3 aromatic rings. The normalized spacial score (nSPS) is 19.1. The van der Waals surface area contributed by atoms with Crippen LogP contribution in [0.15, 0.2) is 47.6 Å². The Labute approximate surface area is 177 Å². The molecule has 2 amide bonds. The number of fused-ring (bicyclic) bond motifs is 1. The SMILES string of the molecule is CN1CCN(c2ccc(-c3cnn4ccc(C=C5SC(=O)NC5=O)nc34)cc2)CC1. The Morgan fingerprint density at radius 1 is 1.07 bits per heavy atom. The van der Waals surface area contributed by atoms with Gasteiger partial charge in [0.15, 0.2) is 5.65 Å². The molecule has 5 rings (SSSR count). The van der Waals surface area contributed by atoms with Gasteiger partial charge in [-0.25, -0.2) is 9.50 Å². The number of hydrogen-bond donors (Lipinski definition) is 1. The molecule has 9 heteroatoms. The van der Waals surface area contributed by atoms with Crippen LogP contribution in [-0.4, -0.2) is 63.9 Å². The van der Waals surface area contributed by atoms with Crippen LogP contribution in [-0.2, 0) is 4.79 Å². The van der Waals surface area contributed by atoms with Crippen LogP contribution in [0.2, 0.25) is 0 Å². The minimum absolute atomic E-state index is 0.342. The van der Waals surface area contributed by atoms with E-state index in [1.165, 1.54) is 5.69 Å². The summed E-state index contributed by atoms with van der Waals surface area (Å²) in [6.45, 7) is 4.19. The zero-order valence-electron chi connectivity index (χ0n) is 16.4. The fraction of sp³-hybridized carbons (Fsp3) is 0.238. The average molecular weight is 420 g/mol. The molecule has 2 saturated heterocycles. The summed E-state index contributed by atoms with van der Waals surface area (Å²) in [4.78, 5) is 32.9. The first-order chi connectivity index (χ1) is 14.6. The highest BCUT2D eigenvalue weighted by Gasteiger charge is 2.25. The zero-order chi connectivity index (χ0) is 20.7. The van der Waals surface area contributed by atoms with Crippen molar-refractivity contribution in [1.82, 2.24) is 24.8 Å². The number of rotatable bonds is 3. The number of anilines is 1. The Kier molecular flexibility index (Phi) is 4.76. The molecular weight excluding hydrogens is 400 g/mol. The minimum atomic E-state index is -0.389. The standard InChI is InChI=1S/C21H20N6O2S/c1-25-8-10-26(11-9-25)16-4-2-14(3-5-16)17-13-22-27-7-6-15(23-19(17)27)12-18-20(28)24-21(29)30-18/h2-7,12-13H,8-11H2,1H3,(H,24,28,29). The quantitative estimate of drug-likeness (QED) is 0.652. The van der Waals surface area contributed by atoms with E-state index in [4.69, 9.17) is 0 Å². The highest BCUT2D eigenvalue weighted by Crippen LogP contribution is 2.28. The molecule has 0 bridgehead atoms. The van der Waals surface area contributed by atoms with Crippen molar-refractivity contribution in [2.24, 2.45) is 0 Å². The van der Waals surface area contributed by atoms with Crippen LogP contribution >= 0.6 is 11.8 Å². The van der Waals surface area contributed by atoms with E-state index in [0.717, 1.165) is 49.1 Å². The van der Waals surface area contributed by atoms with Gasteiger partial charge >= 0.3 is 0 Å². The maximum absolute atomic E-state index is 11.8. The zero-order valence-corrected chi connectivity index (χ0v) is 17.2. The number of hydrogen-bond acceptors (Lipinski definition) is 7. The van der Waals surface area contributed by atoms with E-state index >= 15 is 0 Å². The van der Waals surface area contributed by atoms with E-state index in [9.17, 15) is 9.59 Å². The molecule has 0 unspecified atom stereocenters. The number of nitrogens with zero attached hydrogens (tertiary/aromatic N) is 5. The van der Waals surface area contributed by atoms with Gasteiger partial charge in [-0.05, 0) is 48.6 Å². The molecule has 4 heterocycles. The van der Waals surface area contributed by atoms with Gasteiger partial charge in [0.2, 0.25) is 0 Å².